The van der Waals surface area contributed by atoms with Crippen LogP contribution in [0.15, 0.2) is 0 Å². The van der Waals surface area contributed by atoms with Crippen molar-refractivity contribution in [2.75, 3.05) is 13.7 Å². The van der Waals surface area contributed by atoms with E-state index in [2.05, 4.69) is 4.74 Å². The molecular weight excluding hydrogens is 248 g/mol. The van der Waals surface area contributed by atoms with Gasteiger partial charge in [0.25, 0.3) is 5.91 Å². The maximum Gasteiger partial charge on any atom is 0.328 e. The molecule has 1 amide bonds. The predicted molar refractivity (Wildman–Crippen MR) is 70.2 cm³/mol. The van der Waals surface area contributed by atoms with Gasteiger partial charge in [0, 0.05) is 12.6 Å². The zero-order chi connectivity index (χ0) is 14.6. The number of likely N-dealkylation sites (tertiary alicyclic amines) is 1. The minimum absolute atomic E-state index is 0.299. The number of aliphatic hydroxyl groups is 1. The van der Waals surface area contributed by atoms with Gasteiger partial charge in [-0.15, -0.1) is 0 Å². The fourth-order valence-corrected chi connectivity index (χ4v) is 2.44. The highest BCUT2D eigenvalue weighted by Gasteiger charge is 2.38. The van der Waals surface area contributed by atoms with E-state index in [4.69, 9.17) is 5.73 Å². The zero-order valence-corrected chi connectivity index (χ0v) is 11.8. The van der Waals surface area contributed by atoms with Gasteiger partial charge in [-0.3, -0.25) is 4.79 Å². The van der Waals surface area contributed by atoms with E-state index in [0.717, 1.165) is 6.42 Å². The fourth-order valence-electron chi connectivity index (χ4n) is 2.44. The molecule has 6 nitrogen and oxygen atoms in total. The summed E-state index contributed by atoms with van der Waals surface area (Å²) in [5, 5.41) is 10.00. The number of methoxy groups -OCH3 is 1. The Morgan fingerprint density at radius 3 is 2.63 bits per heavy atom. The lowest BCUT2D eigenvalue weighted by atomic mass is 9.99. The van der Waals surface area contributed by atoms with Crippen molar-refractivity contribution in [3.63, 3.8) is 0 Å². The molecular formula is C13H24N2O4. The van der Waals surface area contributed by atoms with Crippen molar-refractivity contribution in [3.05, 3.63) is 0 Å². The normalized spacial score (nSPS) is 22.4. The molecule has 1 aliphatic heterocycles. The molecule has 3 atom stereocenters. The summed E-state index contributed by atoms with van der Waals surface area (Å²) >= 11 is 0. The average molecular weight is 272 g/mol. The predicted octanol–water partition coefficient (Wildman–Crippen LogP) is -0.115. The van der Waals surface area contributed by atoms with Crippen molar-refractivity contribution in [1.82, 2.24) is 4.90 Å². The molecule has 110 valence electrons. The lowest BCUT2D eigenvalue weighted by Crippen LogP contribution is -2.51. The summed E-state index contributed by atoms with van der Waals surface area (Å²) in [6.07, 6.45) is 0.610. The minimum Gasteiger partial charge on any atom is -0.467 e. The van der Waals surface area contributed by atoms with Crippen LogP contribution in [0.5, 0.6) is 0 Å². The molecule has 3 unspecified atom stereocenters. The SMILES string of the molecule is COC(=O)C1CCCN1C(=O)C(O)C(N)CC(C)C. The van der Waals surface area contributed by atoms with Crippen molar-refractivity contribution < 1.29 is 19.4 Å². The van der Waals surface area contributed by atoms with Crippen LogP contribution in [-0.4, -0.2) is 53.7 Å². The number of hydrogen-bond acceptors (Lipinski definition) is 5. The summed E-state index contributed by atoms with van der Waals surface area (Å²) in [5.41, 5.74) is 5.83. The molecule has 3 N–H and O–H groups in total. The molecule has 0 bridgehead atoms. The molecule has 1 fully saturated rings. The third-order valence-electron chi connectivity index (χ3n) is 3.41. The summed E-state index contributed by atoms with van der Waals surface area (Å²) < 4.78 is 4.67. The Hall–Kier alpha value is -1.14. The first-order chi connectivity index (χ1) is 8.88. The van der Waals surface area contributed by atoms with Gasteiger partial charge < -0.3 is 20.5 Å². The molecule has 1 heterocycles. The molecule has 6 heteroatoms. The van der Waals surface area contributed by atoms with E-state index < -0.39 is 30.1 Å². The van der Waals surface area contributed by atoms with Gasteiger partial charge in [-0.25, -0.2) is 4.79 Å². The molecule has 19 heavy (non-hydrogen) atoms. The van der Waals surface area contributed by atoms with E-state index in [1.807, 2.05) is 13.8 Å². The second-order valence-electron chi connectivity index (χ2n) is 5.45. The van der Waals surface area contributed by atoms with E-state index in [-0.39, 0.29) is 0 Å². The Bertz CT molecular complexity index is 333. The minimum atomic E-state index is -1.26. The first-order valence-corrected chi connectivity index (χ1v) is 6.70. The third-order valence-corrected chi connectivity index (χ3v) is 3.41. The monoisotopic (exact) mass is 272 g/mol. The number of carbonyl (C=O) groups is 2. The number of ether oxygens (including phenoxy) is 1. The highest BCUT2D eigenvalue weighted by Crippen LogP contribution is 2.20. The lowest BCUT2D eigenvalue weighted by molar-refractivity contribution is -0.154. The Balaban J connectivity index is 2.67. The third kappa shape index (κ3) is 3.91. The van der Waals surface area contributed by atoms with Crippen LogP contribution in [-0.2, 0) is 14.3 Å². The smallest absolute Gasteiger partial charge is 0.328 e. The number of amides is 1. The van der Waals surface area contributed by atoms with Crippen molar-refractivity contribution in [3.8, 4) is 0 Å². The largest absolute Gasteiger partial charge is 0.467 e. The van der Waals surface area contributed by atoms with Crippen LogP contribution in [0.4, 0.5) is 0 Å². The van der Waals surface area contributed by atoms with Crippen molar-refractivity contribution in [1.29, 1.82) is 0 Å². The number of esters is 1. The average Bonchev–Trinajstić information content (AvgIpc) is 2.84. The summed E-state index contributed by atoms with van der Waals surface area (Å²) in [6, 6.07) is -1.19. The van der Waals surface area contributed by atoms with Crippen LogP contribution in [0.2, 0.25) is 0 Å². The standard InChI is InChI=1S/C13H24N2O4/c1-8(2)7-9(14)11(16)12(17)15-6-4-5-10(15)13(18)19-3/h8-11,16H,4-7,14H2,1-3H3. The number of aliphatic hydroxyl groups excluding tert-OH is 1. The van der Waals surface area contributed by atoms with Crippen LogP contribution in [0, 0.1) is 5.92 Å². The Kier molecular flexibility index (Phi) is 5.75. The van der Waals surface area contributed by atoms with Crippen LogP contribution in [0.25, 0.3) is 0 Å². The number of rotatable bonds is 5. The number of hydrogen-bond donors (Lipinski definition) is 2. The topological polar surface area (TPSA) is 92.9 Å². The van der Waals surface area contributed by atoms with Crippen LogP contribution in [0.1, 0.15) is 33.1 Å². The van der Waals surface area contributed by atoms with Crippen molar-refractivity contribution in [2.24, 2.45) is 11.7 Å². The lowest BCUT2D eigenvalue weighted by Gasteiger charge is -2.28. The zero-order valence-electron chi connectivity index (χ0n) is 11.8. The van der Waals surface area contributed by atoms with E-state index >= 15 is 0 Å². The van der Waals surface area contributed by atoms with Gasteiger partial charge in [0.05, 0.1) is 7.11 Å². The molecule has 0 aliphatic carbocycles. The summed E-state index contributed by atoms with van der Waals surface area (Å²) in [7, 11) is 1.30. The van der Waals surface area contributed by atoms with Gasteiger partial charge in [0.15, 0.2) is 0 Å². The Labute approximate surface area is 113 Å². The molecule has 1 aliphatic rings. The quantitative estimate of drug-likeness (QED) is 0.681. The van der Waals surface area contributed by atoms with Crippen LogP contribution < -0.4 is 5.73 Å². The summed E-state index contributed by atoms with van der Waals surface area (Å²) in [5.74, 6) is -0.607. The van der Waals surface area contributed by atoms with Gasteiger partial charge in [-0.1, -0.05) is 13.8 Å². The molecule has 0 radical (unpaired) electrons. The first kappa shape index (κ1) is 15.9. The maximum atomic E-state index is 12.2. The Morgan fingerprint density at radius 2 is 2.11 bits per heavy atom. The van der Waals surface area contributed by atoms with Crippen molar-refractivity contribution in [2.45, 2.75) is 51.3 Å². The highest BCUT2D eigenvalue weighted by atomic mass is 16.5. The molecule has 0 aromatic rings. The van der Waals surface area contributed by atoms with Gasteiger partial charge in [0.1, 0.15) is 12.1 Å². The first-order valence-electron chi connectivity index (χ1n) is 6.70. The van der Waals surface area contributed by atoms with Gasteiger partial charge >= 0.3 is 5.97 Å². The number of nitrogens with zero attached hydrogens (tertiary/aromatic N) is 1. The molecule has 0 saturated carbocycles. The van der Waals surface area contributed by atoms with Crippen LogP contribution in [0.3, 0.4) is 0 Å². The van der Waals surface area contributed by atoms with E-state index in [0.29, 0.717) is 25.3 Å². The number of carbonyl (C=O) groups excluding carboxylic acids is 2. The van der Waals surface area contributed by atoms with Crippen molar-refractivity contribution >= 4 is 11.9 Å². The molecule has 1 rings (SSSR count). The summed E-state index contributed by atoms with van der Waals surface area (Å²) in [6.45, 7) is 4.42. The second kappa shape index (κ2) is 6.86. The van der Waals surface area contributed by atoms with E-state index in [9.17, 15) is 14.7 Å². The van der Waals surface area contributed by atoms with Crippen LogP contribution >= 0.6 is 0 Å². The molecule has 0 aromatic heterocycles. The van der Waals surface area contributed by atoms with Gasteiger partial charge in [0.2, 0.25) is 0 Å². The van der Waals surface area contributed by atoms with E-state index in [1.165, 1.54) is 12.0 Å². The van der Waals surface area contributed by atoms with E-state index in [1.54, 1.807) is 0 Å². The summed E-state index contributed by atoms with van der Waals surface area (Å²) in [4.78, 5) is 25.1. The molecule has 0 spiro atoms. The maximum absolute atomic E-state index is 12.2. The Morgan fingerprint density at radius 1 is 1.47 bits per heavy atom. The van der Waals surface area contributed by atoms with Gasteiger partial charge in [-0.05, 0) is 25.2 Å². The molecule has 1 saturated heterocycles. The highest BCUT2D eigenvalue weighted by molar-refractivity contribution is 5.87. The second-order valence-corrected chi connectivity index (χ2v) is 5.45. The fraction of sp³-hybridized carbons (Fsp3) is 0.846. The number of nitrogens with two attached hydrogens (primary N) is 1. The van der Waals surface area contributed by atoms with Gasteiger partial charge in [-0.2, -0.15) is 0 Å². The molecule has 0 aromatic carbocycles.